The smallest absolute Gasteiger partial charge is 0.320 e. The molecule has 0 spiro atoms. The molecule has 0 fully saturated rings. The van der Waals surface area contributed by atoms with Gasteiger partial charge in [-0.2, -0.15) is 0 Å². The SMILES string of the molecule is CCCC(=O)CC(C(=O)OC)C(=O)OC. The summed E-state index contributed by atoms with van der Waals surface area (Å²) in [7, 11) is 2.34. The molecule has 0 heterocycles. The third-order valence-corrected chi connectivity index (χ3v) is 1.93. The van der Waals surface area contributed by atoms with Crippen molar-refractivity contribution in [2.24, 2.45) is 5.92 Å². The van der Waals surface area contributed by atoms with E-state index in [1.165, 1.54) is 14.2 Å². The lowest BCUT2D eigenvalue weighted by atomic mass is 10.0. The number of rotatable bonds is 6. The fourth-order valence-corrected chi connectivity index (χ4v) is 1.16. The first-order valence-electron chi connectivity index (χ1n) is 4.74. The molecule has 0 rings (SSSR count). The summed E-state index contributed by atoms with van der Waals surface area (Å²) in [5.74, 6) is -2.73. The zero-order valence-electron chi connectivity index (χ0n) is 9.24. The van der Waals surface area contributed by atoms with E-state index in [0.717, 1.165) is 0 Å². The van der Waals surface area contributed by atoms with Crippen molar-refractivity contribution in [3.63, 3.8) is 0 Å². The lowest BCUT2D eigenvalue weighted by Crippen LogP contribution is -2.28. The zero-order chi connectivity index (χ0) is 11.8. The van der Waals surface area contributed by atoms with E-state index in [2.05, 4.69) is 9.47 Å². The summed E-state index contributed by atoms with van der Waals surface area (Å²) in [6.45, 7) is 1.85. The molecular formula is C10H16O5. The Morgan fingerprint density at radius 3 is 1.87 bits per heavy atom. The van der Waals surface area contributed by atoms with Crippen LogP contribution in [0.15, 0.2) is 0 Å². The number of methoxy groups -OCH3 is 2. The zero-order valence-corrected chi connectivity index (χ0v) is 9.24. The van der Waals surface area contributed by atoms with Crippen LogP contribution in [0.1, 0.15) is 26.2 Å². The molecule has 0 aliphatic carbocycles. The lowest BCUT2D eigenvalue weighted by molar-refractivity contribution is -0.160. The Bertz CT molecular complexity index is 230. The Labute approximate surface area is 88.7 Å². The summed E-state index contributed by atoms with van der Waals surface area (Å²) in [5, 5.41) is 0. The van der Waals surface area contributed by atoms with E-state index >= 15 is 0 Å². The van der Waals surface area contributed by atoms with Crippen LogP contribution in [0.5, 0.6) is 0 Å². The molecule has 0 N–H and O–H groups in total. The van der Waals surface area contributed by atoms with E-state index in [1.807, 2.05) is 6.92 Å². The third-order valence-electron chi connectivity index (χ3n) is 1.93. The Kier molecular flexibility index (Phi) is 6.33. The summed E-state index contributed by atoms with van der Waals surface area (Å²) in [4.78, 5) is 33.6. The van der Waals surface area contributed by atoms with Crippen molar-refractivity contribution in [1.29, 1.82) is 0 Å². The van der Waals surface area contributed by atoms with Crippen LogP contribution in [0, 0.1) is 5.92 Å². The van der Waals surface area contributed by atoms with Crippen LogP contribution in [0.4, 0.5) is 0 Å². The van der Waals surface area contributed by atoms with Crippen molar-refractivity contribution >= 4 is 17.7 Å². The fraction of sp³-hybridized carbons (Fsp3) is 0.700. The number of carbonyl (C=O) groups is 3. The second-order valence-electron chi connectivity index (χ2n) is 3.09. The summed E-state index contributed by atoms with van der Waals surface area (Å²) < 4.78 is 8.84. The fourth-order valence-electron chi connectivity index (χ4n) is 1.16. The number of hydrogen-bond acceptors (Lipinski definition) is 5. The van der Waals surface area contributed by atoms with Gasteiger partial charge in [-0.05, 0) is 6.42 Å². The highest BCUT2D eigenvalue weighted by atomic mass is 16.5. The summed E-state index contributed by atoms with van der Waals surface area (Å²) in [5.41, 5.74) is 0. The Morgan fingerprint density at radius 1 is 1.07 bits per heavy atom. The number of hydrogen-bond donors (Lipinski definition) is 0. The predicted octanol–water partition coefficient (Wildman–Crippen LogP) is 0.708. The number of ketones is 1. The van der Waals surface area contributed by atoms with Gasteiger partial charge in [-0.1, -0.05) is 6.92 Å². The molecule has 0 saturated heterocycles. The molecule has 0 aliphatic rings. The molecule has 0 amide bonds. The topological polar surface area (TPSA) is 69.7 Å². The van der Waals surface area contributed by atoms with Gasteiger partial charge in [0.1, 0.15) is 5.78 Å². The number of esters is 2. The van der Waals surface area contributed by atoms with Gasteiger partial charge in [0, 0.05) is 12.8 Å². The molecule has 0 aromatic carbocycles. The van der Waals surface area contributed by atoms with Gasteiger partial charge < -0.3 is 9.47 Å². The largest absolute Gasteiger partial charge is 0.468 e. The van der Waals surface area contributed by atoms with Crippen LogP contribution in [-0.4, -0.2) is 31.9 Å². The first-order chi connectivity index (χ1) is 7.06. The van der Waals surface area contributed by atoms with Gasteiger partial charge in [-0.15, -0.1) is 0 Å². The molecule has 5 nitrogen and oxygen atoms in total. The van der Waals surface area contributed by atoms with E-state index in [0.29, 0.717) is 12.8 Å². The van der Waals surface area contributed by atoms with Crippen molar-refractivity contribution < 1.29 is 23.9 Å². The number of ether oxygens (including phenoxy) is 2. The molecule has 0 saturated carbocycles. The molecule has 0 bridgehead atoms. The maximum atomic E-state index is 11.3. The molecule has 0 aromatic rings. The summed E-state index contributed by atoms with van der Waals surface area (Å²) >= 11 is 0. The lowest BCUT2D eigenvalue weighted by Gasteiger charge is -2.10. The van der Waals surface area contributed by atoms with E-state index in [-0.39, 0.29) is 12.2 Å². The highest BCUT2D eigenvalue weighted by Crippen LogP contribution is 2.10. The van der Waals surface area contributed by atoms with Gasteiger partial charge in [0.25, 0.3) is 0 Å². The van der Waals surface area contributed by atoms with Crippen LogP contribution in [0.2, 0.25) is 0 Å². The normalized spacial score (nSPS) is 9.87. The van der Waals surface area contributed by atoms with Crippen molar-refractivity contribution in [2.75, 3.05) is 14.2 Å². The average molecular weight is 216 g/mol. The van der Waals surface area contributed by atoms with E-state index in [1.54, 1.807) is 0 Å². The molecular weight excluding hydrogens is 200 g/mol. The molecule has 86 valence electrons. The standard InChI is InChI=1S/C10H16O5/c1-4-5-7(11)6-8(9(12)14-2)10(13)15-3/h8H,4-6H2,1-3H3. The van der Waals surface area contributed by atoms with Gasteiger partial charge in [0.05, 0.1) is 14.2 Å². The van der Waals surface area contributed by atoms with Gasteiger partial charge in [0.15, 0.2) is 5.92 Å². The quantitative estimate of drug-likeness (QED) is 0.483. The first kappa shape index (κ1) is 13.6. The predicted molar refractivity (Wildman–Crippen MR) is 52.1 cm³/mol. The maximum absolute atomic E-state index is 11.3. The van der Waals surface area contributed by atoms with Crippen LogP contribution in [0.3, 0.4) is 0 Å². The average Bonchev–Trinajstić information content (AvgIpc) is 2.24. The highest BCUT2D eigenvalue weighted by Gasteiger charge is 2.30. The van der Waals surface area contributed by atoms with Crippen molar-refractivity contribution in [1.82, 2.24) is 0 Å². The van der Waals surface area contributed by atoms with E-state index in [4.69, 9.17) is 0 Å². The molecule has 0 atom stereocenters. The Balaban J connectivity index is 4.44. The van der Waals surface area contributed by atoms with E-state index < -0.39 is 17.9 Å². The first-order valence-corrected chi connectivity index (χ1v) is 4.74. The molecule has 15 heavy (non-hydrogen) atoms. The molecule has 0 aliphatic heterocycles. The van der Waals surface area contributed by atoms with Crippen LogP contribution in [-0.2, 0) is 23.9 Å². The highest BCUT2D eigenvalue weighted by molar-refractivity contribution is 5.99. The van der Waals surface area contributed by atoms with Gasteiger partial charge in [0.2, 0.25) is 0 Å². The second-order valence-corrected chi connectivity index (χ2v) is 3.09. The number of carbonyl (C=O) groups excluding carboxylic acids is 3. The minimum atomic E-state index is -1.13. The Morgan fingerprint density at radius 2 is 1.53 bits per heavy atom. The minimum Gasteiger partial charge on any atom is -0.468 e. The molecule has 0 aromatic heterocycles. The van der Waals surface area contributed by atoms with Gasteiger partial charge >= 0.3 is 11.9 Å². The van der Waals surface area contributed by atoms with E-state index in [9.17, 15) is 14.4 Å². The van der Waals surface area contributed by atoms with Crippen molar-refractivity contribution in [2.45, 2.75) is 26.2 Å². The monoisotopic (exact) mass is 216 g/mol. The van der Waals surface area contributed by atoms with Crippen LogP contribution < -0.4 is 0 Å². The van der Waals surface area contributed by atoms with Crippen molar-refractivity contribution in [3.05, 3.63) is 0 Å². The molecule has 0 unspecified atom stereocenters. The third kappa shape index (κ3) is 4.58. The summed E-state index contributed by atoms with van der Waals surface area (Å²) in [6, 6.07) is 0. The van der Waals surface area contributed by atoms with Crippen LogP contribution in [0.25, 0.3) is 0 Å². The van der Waals surface area contributed by atoms with Gasteiger partial charge in [-0.3, -0.25) is 14.4 Å². The molecule has 5 heteroatoms. The maximum Gasteiger partial charge on any atom is 0.320 e. The number of Topliss-reactive ketones (excluding diaryl/α,β-unsaturated/α-hetero) is 1. The van der Waals surface area contributed by atoms with Crippen molar-refractivity contribution in [3.8, 4) is 0 Å². The molecule has 0 radical (unpaired) electrons. The second kappa shape index (κ2) is 6.98. The summed E-state index contributed by atoms with van der Waals surface area (Å²) in [6.07, 6.45) is 0.894. The van der Waals surface area contributed by atoms with Gasteiger partial charge in [-0.25, -0.2) is 0 Å². The minimum absolute atomic E-state index is 0.140. The van der Waals surface area contributed by atoms with Crippen LogP contribution >= 0.6 is 0 Å². The Hall–Kier alpha value is -1.39.